The van der Waals surface area contributed by atoms with Crippen LogP contribution in [-0.2, 0) is 16.8 Å². The number of aromatic nitrogens is 1. The van der Waals surface area contributed by atoms with Crippen molar-refractivity contribution in [2.75, 3.05) is 0 Å². The van der Waals surface area contributed by atoms with E-state index in [0.717, 1.165) is 27.5 Å². The van der Waals surface area contributed by atoms with Crippen LogP contribution in [-0.4, -0.2) is 16.1 Å². The Labute approximate surface area is 126 Å². The van der Waals surface area contributed by atoms with Crippen LogP contribution in [0.15, 0.2) is 33.9 Å². The molecule has 114 valence electrons. The summed E-state index contributed by atoms with van der Waals surface area (Å²) in [5.74, 6) is 4.73. The Morgan fingerprint density at radius 2 is 2.00 bits per heavy atom. The molecule has 1 aromatic carbocycles. The molecule has 0 saturated heterocycles. The maximum atomic E-state index is 12.9. The molecule has 2 rings (SSSR count). The molecular weight excluding hydrogens is 284 g/mol. The van der Waals surface area contributed by atoms with Gasteiger partial charge in [-0.05, 0) is 44.3 Å². The fraction of sp³-hybridized carbons (Fsp3) is 0.375. The lowest BCUT2D eigenvalue weighted by Gasteiger charge is -2.17. The maximum Gasteiger partial charge on any atom is 0.334 e. The van der Waals surface area contributed by atoms with Gasteiger partial charge >= 0.3 is 6.39 Å². The molecule has 0 fully saturated rings. The number of benzene rings is 1. The molecule has 0 radical (unpaired) electrons. The van der Waals surface area contributed by atoms with Gasteiger partial charge in [-0.25, -0.2) is 8.93 Å². The van der Waals surface area contributed by atoms with Crippen molar-refractivity contribution in [3.63, 3.8) is 0 Å². The van der Waals surface area contributed by atoms with Crippen LogP contribution in [0, 0.1) is 13.8 Å². The van der Waals surface area contributed by atoms with E-state index in [1.807, 2.05) is 57.5 Å². The van der Waals surface area contributed by atoms with Crippen molar-refractivity contribution in [3.05, 3.63) is 35.9 Å². The Kier molecular flexibility index (Phi) is 4.25. The summed E-state index contributed by atoms with van der Waals surface area (Å²) in [6.45, 7) is 7.80. The zero-order chi connectivity index (χ0) is 15.8. The molecular formula is C16H23N2O2S+. The van der Waals surface area contributed by atoms with Gasteiger partial charge in [0.05, 0.1) is 15.3 Å². The summed E-state index contributed by atoms with van der Waals surface area (Å²) in [5, 5.41) is 0. The predicted octanol–water partition coefficient (Wildman–Crippen LogP) is 2.38. The van der Waals surface area contributed by atoms with Crippen molar-refractivity contribution < 1.29 is 13.2 Å². The van der Waals surface area contributed by atoms with Crippen LogP contribution in [0.3, 0.4) is 0 Å². The van der Waals surface area contributed by atoms with E-state index in [1.165, 1.54) is 0 Å². The average Bonchev–Trinajstić information content (AvgIpc) is 2.68. The van der Waals surface area contributed by atoms with Gasteiger partial charge in [-0.3, -0.25) is 0 Å². The molecule has 1 heterocycles. The molecule has 0 spiro atoms. The first kappa shape index (κ1) is 15.8. The Hall–Kier alpha value is -1.59. The molecule has 5 heteroatoms. The first-order valence-corrected chi connectivity index (χ1v) is 8.64. The third kappa shape index (κ3) is 3.19. The average molecular weight is 307 g/mol. The van der Waals surface area contributed by atoms with Crippen molar-refractivity contribution in [1.29, 1.82) is 0 Å². The van der Waals surface area contributed by atoms with Crippen molar-refractivity contribution in [2.45, 2.75) is 38.6 Å². The molecule has 1 N–H and O–H groups in total. The van der Waals surface area contributed by atoms with Crippen LogP contribution >= 0.6 is 0 Å². The van der Waals surface area contributed by atoms with Crippen molar-refractivity contribution >= 4 is 15.6 Å². The number of oxazole rings is 1. The van der Waals surface area contributed by atoms with E-state index in [4.69, 9.17) is 4.42 Å². The summed E-state index contributed by atoms with van der Waals surface area (Å²) in [6.07, 6.45) is 1.66. The fourth-order valence-electron chi connectivity index (χ4n) is 2.47. The van der Waals surface area contributed by atoms with Crippen LogP contribution in [0.5, 0.6) is 0 Å². The largest absolute Gasteiger partial charge is 0.408 e. The van der Waals surface area contributed by atoms with Gasteiger partial charge in [0.2, 0.25) is 0 Å². The van der Waals surface area contributed by atoms with E-state index in [1.54, 1.807) is 6.39 Å². The van der Waals surface area contributed by atoms with Crippen LogP contribution in [0.2, 0.25) is 0 Å². The molecule has 0 bridgehead atoms. The van der Waals surface area contributed by atoms with Gasteiger partial charge in [-0.2, -0.15) is 4.57 Å². The summed E-state index contributed by atoms with van der Waals surface area (Å²) >= 11 is 0. The summed E-state index contributed by atoms with van der Waals surface area (Å²) in [4.78, 5) is 0.745. The lowest BCUT2D eigenvalue weighted by molar-refractivity contribution is -0.664. The molecule has 4 nitrogen and oxygen atoms in total. The fourth-order valence-corrected chi connectivity index (χ4v) is 4.26. The Morgan fingerprint density at radius 1 is 1.33 bits per heavy atom. The van der Waals surface area contributed by atoms with Crippen molar-refractivity contribution in [2.24, 2.45) is 7.05 Å². The minimum atomic E-state index is -2.52. The van der Waals surface area contributed by atoms with E-state index >= 15 is 0 Å². The summed E-state index contributed by atoms with van der Waals surface area (Å²) in [6, 6.07) is 6.04. The second-order valence-corrected chi connectivity index (χ2v) is 7.69. The van der Waals surface area contributed by atoms with Crippen LogP contribution in [0.25, 0.3) is 11.3 Å². The highest BCUT2D eigenvalue weighted by atomic mass is 32.2. The first-order valence-electron chi connectivity index (χ1n) is 6.91. The van der Waals surface area contributed by atoms with E-state index in [-0.39, 0.29) is 6.04 Å². The zero-order valence-corrected chi connectivity index (χ0v) is 14.1. The van der Waals surface area contributed by atoms with Gasteiger partial charge in [-0.1, -0.05) is 6.07 Å². The molecule has 1 aromatic heterocycles. The number of nitrogens with zero attached hydrogens (tertiary/aromatic N) is 1. The van der Waals surface area contributed by atoms with E-state index < -0.39 is 9.71 Å². The number of hydrogen-bond donors (Lipinski definition) is 1. The lowest BCUT2D eigenvalue weighted by Crippen LogP contribution is -2.31. The van der Waals surface area contributed by atoms with Crippen LogP contribution in [0.1, 0.15) is 25.2 Å². The van der Waals surface area contributed by atoms with Gasteiger partial charge in [0.25, 0.3) is 5.69 Å². The highest BCUT2D eigenvalue weighted by Crippen LogP contribution is 2.25. The summed E-state index contributed by atoms with van der Waals surface area (Å²) in [7, 11) is -0.590. The second kappa shape index (κ2) is 5.66. The Balaban J connectivity index is 2.58. The van der Waals surface area contributed by atoms with E-state index in [0.29, 0.717) is 0 Å². The SMILES string of the molecule is C=S(=O)(NC(C)C)c1cc(-c2c(C)oc[n+]2C)ccc1C. The van der Waals surface area contributed by atoms with Crippen LogP contribution < -0.4 is 9.29 Å². The highest BCUT2D eigenvalue weighted by Gasteiger charge is 2.20. The Bertz CT molecular complexity index is 739. The molecule has 1 atom stereocenters. The van der Waals surface area contributed by atoms with Gasteiger partial charge in [0.15, 0.2) is 5.76 Å². The maximum absolute atomic E-state index is 12.9. The van der Waals surface area contributed by atoms with Gasteiger partial charge in [0, 0.05) is 17.9 Å². The van der Waals surface area contributed by atoms with Gasteiger partial charge in [0.1, 0.15) is 7.05 Å². The third-order valence-corrected chi connectivity index (χ3v) is 5.32. The normalized spacial score (nSPS) is 14.4. The monoisotopic (exact) mass is 307 g/mol. The first-order chi connectivity index (χ1) is 9.72. The smallest absolute Gasteiger partial charge is 0.334 e. The molecule has 1 unspecified atom stereocenters. The predicted molar refractivity (Wildman–Crippen MR) is 86.6 cm³/mol. The van der Waals surface area contributed by atoms with Gasteiger partial charge in [-0.15, -0.1) is 0 Å². The number of hydrogen-bond acceptors (Lipinski definition) is 2. The minimum Gasteiger partial charge on any atom is -0.408 e. The molecule has 0 amide bonds. The summed E-state index contributed by atoms with van der Waals surface area (Å²) < 4.78 is 23.3. The van der Waals surface area contributed by atoms with E-state index in [2.05, 4.69) is 10.6 Å². The molecule has 0 saturated carbocycles. The summed E-state index contributed by atoms with van der Waals surface area (Å²) in [5.41, 5.74) is 2.93. The number of nitrogens with one attached hydrogen (secondary N) is 1. The van der Waals surface area contributed by atoms with Gasteiger partial charge < -0.3 is 4.42 Å². The highest BCUT2D eigenvalue weighted by molar-refractivity contribution is 7.98. The zero-order valence-electron chi connectivity index (χ0n) is 13.3. The number of rotatable bonds is 4. The van der Waals surface area contributed by atoms with E-state index in [9.17, 15) is 4.21 Å². The van der Waals surface area contributed by atoms with Crippen LogP contribution in [0.4, 0.5) is 0 Å². The molecule has 21 heavy (non-hydrogen) atoms. The van der Waals surface area contributed by atoms with Crippen molar-refractivity contribution in [3.8, 4) is 11.3 Å². The molecule has 2 aromatic rings. The topological polar surface area (TPSA) is 46.1 Å². The molecule has 0 aliphatic carbocycles. The second-order valence-electron chi connectivity index (χ2n) is 5.67. The minimum absolute atomic E-state index is 0.102. The number of aryl methyl sites for hydroxylation is 3. The lowest BCUT2D eigenvalue weighted by atomic mass is 10.1. The molecule has 0 aliphatic rings. The Morgan fingerprint density at radius 3 is 2.52 bits per heavy atom. The third-order valence-electron chi connectivity index (χ3n) is 3.32. The standard InChI is InChI=1S/C16H23N2O2S/c1-11(2)17-21(6,19)15-9-14(8-7-12(15)3)16-13(4)20-10-18(16)5/h7-11H,6H2,1-5H3,(H,17,19)/q+1. The van der Waals surface area contributed by atoms with Crippen molar-refractivity contribution in [1.82, 2.24) is 4.72 Å². The molecule has 0 aliphatic heterocycles. The quantitative estimate of drug-likeness (QED) is 0.696.